The number of carbonyl (C=O) groups is 1. The maximum Gasteiger partial charge on any atom is 0.246 e. The predicted molar refractivity (Wildman–Crippen MR) is 76.1 cm³/mol. The van der Waals surface area contributed by atoms with E-state index in [1.165, 1.54) is 0 Å². The molecule has 5 heteroatoms. The average molecular weight is 278 g/mol. The quantitative estimate of drug-likeness (QED) is 0.865. The Morgan fingerprint density at radius 3 is 2.47 bits per heavy atom. The van der Waals surface area contributed by atoms with Crippen LogP contribution < -0.4 is 0 Å². The third kappa shape index (κ3) is 2.79. The zero-order valence-corrected chi connectivity index (χ0v) is 11.9. The van der Waals surface area contributed by atoms with Gasteiger partial charge in [0.2, 0.25) is 5.91 Å². The van der Waals surface area contributed by atoms with Crippen molar-refractivity contribution in [2.45, 2.75) is 13.0 Å². The Balaban J connectivity index is 2.37. The molecular formula is C14H16ClN3O. The second kappa shape index (κ2) is 5.45. The maximum absolute atomic E-state index is 12.0. The Morgan fingerprint density at radius 1 is 1.26 bits per heavy atom. The lowest BCUT2D eigenvalue weighted by Crippen LogP contribution is -2.30. The summed E-state index contributed by atoms with van der Waals surface area (Å²) in [5.74, 6) is 0.0129. The van der Waals surface area contributed by atoms with Crippen molar-refractivity contribution in [1.82, 2.24) is 14.7 Å². The molecule has 1 heterocycles. The molecule has 19 heavy (non-hydrogen) atoms. The largest absolute Gasteiger partial charge is 0.347 e. The smallest absolute Gasteiger partial charge is 0.246 e. The van der Waals surface area contributed by atoms with Crippen LogP contribution in [0.2, 0.25) is 5.02 Å². The van der Waals surface area contributed by atoms with Crippen LogP contribution in [0.3, 0.4) is 0 Å². The fraction of sp³-hybridized carbons (Fsp3) is 0.286. The monoisotopic (exact) mass is 277 g/mol. The van der Waals surface area contributed by atoms with Gasteiger partial charge >= 0.3 is 0 Å². The standard InChI is InChI=1S/C14H16ClN3O/c1-10(14(19)17(2)3)18-13(8-9-16-18)11-4-6-12(15)7-5-11/h4-10H,1-3H3. The highest BCUT2D eigenvalue weighted by Gasteiger charge is 2.20. The molecule has 0 N–H and O–H groups in total. The van der Waals surface area contributed by atoms with E-state index in [1.54, 1.807) is 29.9 Å². The molecule has 1 amide bonds. The Kier molecular flexibility index (Phi) is 3.90. The van der Waals surface area contributed by atoms with Crippen LogP contribution >= 0.6 is 11.6 Å². The van der Waals surface area contributed by atoms with Crippen LogP contribution in [0, 0.1) is 0 Å². The van der Waals surface area contributed by atoms with Crippen molar-refractivity contribution in [3.63, 3.8) is 0 Å². The van der Waals surface area contributed by atoms with Gasteiger partial charge < -0.3 is 4.90 Å². The molecule has 0 aliphatic rings. The summed E-state index contributed by atoms with van der Waals surface area (Å²) in [5, 5.41) is 4.94. The summed E-state index contributed by atoms with van der Waals surface area (Å²) >= 11 is 5.88. The van der Waals surface area contributed by atoms with Crippen molar-refractivity contribution in [2.24, 2.45) is 0 Å². The minimum absolute atomic E-state index is 0.0129. The molecule has 0 saturated carbocycles. The van der Waals surface area contributed by atoms with E-state index in [0.717, 1.165) is 11.3 Å². The van der Waals surface area contributed by atoms with Gasteiger partial charge in [-0.05, 0) is 30.7 Å². The number of rotatable bonds is 3. The lowest BCUT2D eigenvalue weighted by Gasteiger charge is -2.19. The number of halogens is 1. The van der Waals surface area contributed by atoms with Gasteiger partial charge in [0.1, 0.15) is 6.04 Å². The van der Waals surface area contributed by atoms with Crippen molar-refractivity contribution in [3.05, 3.63) is 41.6 Å². The third-order valence-electron chi connectivity index (χ3n) is 2.98. The number of nitrogens with zero attached hydrogens (tertiary/aromatic N) is 3. The Bertz CT molecular complexity index is 575. The fourth-order valence-corrected chi connectivity index (χ4v) is 2.08. The van der Waals surface area contributed by atoms with E-state index < -0.39 is 0 Å². The number of carbonyl (C=O) groups excluding carboxylic acids is 1. The molecule has 1 unspecified atom stereocenters. The Morgan fingerprint density at radius 2 is 1.89 bits per heavy atom. The Hall–Kier alpha value is -1.81. The normalized spacial score (nSPS) is 12.2. The number of hydrogen-bond acceptors (Lipinski definition) is 2. The van der Waals surface area contributed by atoms with Gasteiger partial charge in [0.05, 0.1) is 5.69 Å². The average Bonchev–Trinajstić information content (AvgIpc) is 2.87. The highest BCUT2D eigenvalue weighted by Crippen LogP contribution is 2.24. The van der Waals surface area contributed by atoms with E-state index in [4.69, 9.17) is 11.6 Å². The molecule has 0 spiro atoms. The molecule has 1 aromatic carbocycles. The van der Waals surface area contributed by atoms with E-state index >= 15 is 0 Å². The van der Waals surface area contributed by atoms with E-state index in [1.807, 2.05) is 37.3 Å². The molecule has 0 saturated heterocycles. The van der Waals surface area contributed by atoms with Gasteiger partial charge in [-0.2, -0.15) is 5.10 Å². The minimum Gasteiger partial charge on any atom is -0.347 e. The zero-order chi connectivity index (χ0) is 14.0. The summed E-state index contributed by atoms with van der Waals surface area (Å²) in [6.07, 6.45) is 1.70. The van der Waals surface area contributed by atoms with Crippen LogP contribution in [0.1, 0.15) is 13.0 Å². The van der Waals surface area contributed by atoms with Gasteiger partial charge in [0.15, 0.2) is 0 Å². The van der Waals surface area contributed by atoms with Crippen molar-refractivity contribution >= 4 is 17.5 Å². The molecule has 0 fully saturated rings. The number of benzene rings is 1. The van der Waals surface area contributed by atoms with Crippen LogP contribution in [0.4, 0.5) is 0 Å². The number of aromatic nitrogens is 2. The van der Waals surface area contributed by atoms with Crippen LogP contribution in [-0.4, -0.2) is 34.7 Å². The first kappa shape index (κ1) is 13.6. The van der Waals surface area contributed by atoms with Gasteiger partial charge in [0, 0.05) is 25.3 Å². The third-order valence-corrected chi connectivity index (χ3v) is 3.23. The van der Waals surface area contributed by atoms with Crippen LogP contribution in [-0.2, 0) is 4.79 Å². The van der Waals surface area contributed by atoms with Gasteiger partial charge in [-0.1, -0.05) is 23.7 Å². The van der Waals surface area contributed by atoms with E-state index in [-0.39, 0.29) is 11.9 Å². The first-order valence-corrected chi connectivity index (χ1v) is 6.39. The number of amides is 1. The summed E-state index contributed by atoms with van der Waals surface area (Å²) < 4.78 is 1.73. The lowest BCUT2D eigenvalue weighted by molar-refractivity contribution is -0.131. The molecule has 1 atom stereocenters. The maximum atomic E-state index is 12.0. The summed E-state index contributed by atoms with van der Waals surface area (Å²) in [4.78, 5) is 13.6. The minimum atomic E-state index is -0.337. The molecule has 0 aliphatic carbocycles. The lowest BCUT2D eigenvalue weighted by atomic mass is 10.1. The highest BCUT2D eigenvalue weighted by atomic mass is 35.5. The van der Waals surface area contributed by atoms with E-state index in [0.29, 0.717) is 5.02 Å². The first-order chi connectivity index (χ1) is 9.00. The summed E-state index contributed by atoms with van der Waals surface area (Å²) in [6.45, 7) is 1.84. The summed E-state index contributed by atoms with van der Waals surface area (Å²) in [7, 11) is 3.48. The molecule has 4 nitrogen and oxygen atoms in total. The number of hydrogen-bond donors (Lipinski definition) is 0. The molecular weight excluding hydrogens is 262 g/mol. The molecule has 0 aliphatic heterocycles. The summed E-state index contributed by atoms with van der Waals surface area (Å²) in [5.41, 5.74) is 1.89. The van der Waals surface area contributed by atoms with Crippen molar-refractivity contribution in [1.29, 1.82) is 0 Å². The Labute approximate surface area is 117 Å². The van der Waals surface area contributed by atoms with E-state index in [2.05, 4.69) is 5.10 Å². The predicted octanol–water partition coefficient (Wildman–Crippen LogP) is 2.85. The fourth-order valence-electron chi connectivity index (χ4n) is 1.95. The SMILES string of the molecule is CC(C(=O)N(C)C)n1nccc1-c1ccc(Cl)cc1. The topological polar surface area (TPSA) is 38.1 Å². The molecule has 100 valence electrons. The van der Waals surface area contributed by atoms with Crippen molar-refractivity contribution < 1.29 is 4.79 Å². The molecule has 2 aromatic rings. The second-order valence-electron chi connectivity index (χ2n) is 4.58. The van der Waals surface area contributed by atoms with E-state index in [9.17, 15) is 4.79 Å². The van der Waals surface area contributed by atoms with Gasteiger partial charge in [-0.25, -0.2) is 0 Å². The van der Waals surface area contributed by atoms with Gasteiger partial charge in [-0.15, -0.1) is 0 Å². The molecule has 1 aromatic heterocycles. The zero-order valence-electron chi connectivity index (χ0n) is 11.2. The molecule has 0 radical (unpaired) electrons. The van der Waals surface area contributed by atoms with Crippen LogP contribution in [0.15, 0.2) is 36.5 Å². The second-order valence-corrected chi connectivity index (χ2v) is 5.01. The van der Waals surface area contributed by atoms with Crippen molar-refractivity contribution in [2.75, 3.05) is 14.1 Å². The number of likely N-dealkylation sites (N-methyl/N-ethyl adjacent to an activating group) is 1. The molecule has 0 bridgehead atoms. The van der Waals surface area contributed by atoms with Gasteiger partial charge in [0.25, 0.3) is 0 Å². The van der Waals surface area contributed by atoms with Crippen molar-refractivity contribution in [3.8, 4) is 11.3 Å². The molecule has 2 rings (SSSR count). The summed E-state index contributed by atoms with van der Waals surface area (Å²) in [6, 6.07) is 9.05. The first-order valence-electron chi connectivity index (χ1n) is 6.01. The van der Waals surface area contributed by atoms with Crippen LogP contribution in [0.5, 0.6) is 0 Å². The van der Waals surface area contributed by atoms with Gasteiger partial charge in [-0.3, -0.25) is 9.48 Å². The highest BCUT2D eigenvalue weighted by molar-refractivity contribution is 6.30. The van der Waals surface area contributed by atoms with Crippen LogP contribution in [0.25, 0.3) is 11.3 Å².